The number of hydrogen-bond acceptors (Lipinski definition) is 4. The summed E-state index contributed by atoms with van der Waals surface area (Å²) in [5.41, 5.74) is 2.34. The molecule has 0 radical (unpaired) electrons. The Kier molecular flexibility index (Phi) is 5.65. The second kappa shape index (κ2) is 8.50. The molecule has 3 aromatic rings. The Morgan fingerprint density at radius 3 is 2.59 bits per heavy atom. The second-order valence-corrected chi connectivity index (χ2v) is 8.05. The van der Waals surface area contributed by atoms with Crippen LogP contribution in [0.3, 0.4) is 0 Å². The lowest BCUT2D eigenvalue weighted by Crippen LogP contribution is -2.47. The van der Waals surface area contributed by atoms with Crippen molar-refractivity contribution in [2.24, 2.45) is 0 Å². The number of benzene rings is 2. The number of amides is 2. The van der Waals surface area contributed by atoms with E-state index in [4.69, 9.17) is 0 Å². The number of para-hydroxylation sites is 1. The third kappa shape index (κ3) is 4.84. The lowest BCUT2D eigenvalue weighted by Gasteiger charge is -2.32. The zero-order valence-electron chi connectivity index (χ0n) is 15.2. The number of rotatable bonds is 5. The first-order valence-corrected chi connectivity index (χ1v) is 10.2. The van der Waals surface area contributed by atoms with Crippen LogP contribution in [0.1, 0.15) is 23.4 Å². The molecule has 6 heteroatoms. The fourth-order valence-corrected chi connectivity index (χ4v) is 4.37. The summed E-state index contributed by atoms with van der Waals surface area (Å²) in [6.45, 7) is 3.48. The summed E-state index contributed by atoms with van der Waals surface area (Å²) < 4.78 is 1.15. The van der Waals surface area contributed by atoms with Gasteiger partial charge in [0.1, 0.15) is 5.01 Å². The SMILES string of the molecule is O=C(NCc1nc2ccccc2s1)NC1CCN(Cc2ccccc2)CC1. The molecule has 2 heterocycles. The molecule has 0 aliphatic carbocycles. The molecule has 2 aromatic carbocycles. The van der Waals surface area contributed by atoms with E-state index < -0.39 is 0 Å². The van der Waals surface area contributed by atoms with Crippen LogP contribution < -0.4 is 10.6 Å². The summed E-state index contributed by atoms with van der Waals surface area (Å²) in [6, 6.07) is 18.7. The fraction of sp³-hybridized carbons (Fsp3) is 0.333. The number of hydrogen-bond donors (Lipinski definition) is 2. The van der Waals surface area contributed by atoms with Crippen LogP contribution in [-0.4, -0.2) is 35.0 Å². The topological polar surface area (TPSA) is 57.3 Å². The van der Waals surface area contributed by atoms with Gasteiger partial charge in [0.15, 0.2) is 0 Å². The zero-order valence-corrected chi connectivity index (χ0v) is 16.0. The van der Waals surface area contributed by atoms with Crippen LogP contribution in [0.4, 0.5) is 4.79 Å². The molecule has 1 aliphatic heterocycles. The molecular formula is C21H24N4OS. The average molecular weight is 381 g/mol. The number of carbonyl (C=O) groups is 1. The maximum absolute atomic E-state index is 12.2. The van der Waals surface area contributed by atoms with Crippen LogP contribution in [0.5, 0.6) is 0 Å². The summed E-state index contributed by atoms with van der Waals surface area (Å²) in [7, 11) is 0. The van der Waals surface area contributed by atoms with Crippen molar-refractivity contribution in [2.45, 2.75) is 32.0 Å². The Labute approximate surface area is 163 Å². The van der Waals surface area contributed by atoms with Crippen molar-refractivity contribution >= 4 is 27.6 Å². The summed E-state index contributed by atoms with van der Waals surface area (Å²) in [5.74, 6) is 0. The van der Waals surface area contributed by atoms with E-state index in [0.717, 1.165) is 47.7 Å². The standard InChI is InChI=1S/C21H24N4OS/c26-21(22-14-20-24-18-8-4-5-9-19(18)27-20)23-17-10-12-25(13-11-17)15-16-6-2-1-3-7-16/h1-9,17H,10-15H2,(H2,22,23,26). The minimum atomic E-state index is -0.101. The molecule has 2 N–H and O–H groups in total. The van der Waals surface area contributed by atoms with Crippen molar-refractivity contribution in [3.8, 4) is 0 Å². The van der Waals surface area contributed by atoms with Gasteiger partial charge in [-0.15, -0.1) is 11.3 Å². The van der Waals surface area contributed by atoms with Gasteiger partial charge >= 0.3 is 6.03 Å². The van der Waals surface area contributed by atoms with Gasteiger partial charge in [0, 0.05) is 25.7 Å². The lowest BCUT2D eigenvalue weighted by molar-refractivity contribution is 0.186. The maximum Gasteiger partial charge on any atom is 0.315 e. The van der Waals surface area contributed by atoms with Crippen molar-refractivity contribution in [3.05, 3.63) is 65.2 Å². The molecule has 2 amide bonds. The highest BCUT2D eigenvalue weighted by molar-refractivity contribution is 7.18. The molecule has 0 atom stereocenters. The van der Waals surface area contributed by atoms with Crippen LogP contribution in [0.25, 0.3) is 10.2 Å². The van der Waals surface area contributed by atoms with E-state index >= 15 is 0 Å². The van der Waals surface area contributed by atoms with Crippen LogP contribution in [0.2, 0.25) is 0 Å². The molecule has 5 nitrogen and oxygen atoms in total. The minimum Gasteiger partial charge on any atom is -0.335 e. The number of thiazole rings is 1. The highest BCUT2D eigenvalue weighted by Crippen LogP contribution is 2.21. The predicted octanol–water partition coefficient (Wildman–Crippen LogP) is 3.76. The second-order valence-electron chi connectivity index (χ2n) is 6.94. The summed E-state index contributed by atoms with van der Waals surface area (Å²) in [5, 5.41) is 6.98. The summed E-state index contributed by atoms with van der Waals surface area (Å²) in [4.78, 5) is 19.2. The van der Waals surface area contributed by atoms with Gasteiger partial charge in [-0.25, -0.2) is 9.78 Å². The lowest BCUT2D eigenvalue weighted by atomic mass is 10.0. The van der Waals surface area contributed by atoms with Gasteiger partial charge in [-0.3, -0.25) is 4.90 Å². The quantitative estimate of drug-likeness (QED) is 0.709. The number of urea groups is 1. The van der Waals surface area contributed by atoms with E-state index in [1.165, 1.54) is 5.56 Å². The van der Waals surface area contributed by atoms with E-state index in [2.05, 4.69) is 50.8 Å². The third-order valence-electron chi connectivity index (χ3n) is 4.91. The first-order chi connectivity index (χ1) is 13.3. The molecule has 4 rings (SSSR count). The number of likely N-dealkylation sites (tertiary alicyclic amines) is 1. The van der Waals surface area contributed by atoms with E-state index in [9.17, 15) is 4.79 Å². The van der Waals surface area contributed by atoms with Crippen LogP contribution in [0, 0.1) is 0 Å². The number of aromatic nitrogens is 1. The molecule has 27 heavy (non-hydrogen) atoms. The van der Waals surface area contributed by atoms with Crippen molar-refractivity contribution < 1.29 is 4.79 Å². The van der Waals surface area contributed by atoms with E-state index in [1.807, 2.05) is 24.3 Å². The Morgan fingerprint density at radius 2 is 1.81 bits per heavy atom. The number of nitrogens with one attached hydrogen (secondary N) is 2. The Bertz CT molecular complexity index is 854. The van der Waals surface area contributed by atoms with Gasteiger partial charge in [0.25, 0.3) is 0 Å². The Balaban J connectivity index is 1.20. The first-order valence-electron chi connectivity index (χ1n) is 9.41. The van der Waals surface area contributed by atoms with Gasteiger partial charge in [-0.05, 0) is 30.5 Å². The molecule has 0 spiro atoms. The highest BCUT2D eigenvalue weighted by Gasteiger charge is 2.20. The molecule has 140 valence electrons. The fourth-order valence-electron chi connectivity index (χ4n) is 3.46. The molecule has 1 saturated heterocycles. The number of nitrogens with zero attached hydrogens (tertiary/aromatic N) is 2. The van der Waals surface area contributed by atoms with Crippen LogP contribution >= 0.6 is 11.3 Å². The average Bonchev–Trinajstić information content (AvgIpc) is 3.12. The van der Waals surface area contributed by atoms with Crippen molar-refractivity contribution in [1.29, 1.82) is 0 Å². The van der Waals surface area contributed by atoms with Crippen LogP contribution in [-0.2, 0) is 13.1 Å². The van der Waals surface area contributed by atoms with E-state index in [1.54, 1.807) is 11.3 Å². The van der Waals surface area contributed by atoms with Crippen LogP contribution in [0.15, 0.2) is 54.6 Å². The number of piperidine rings is 1. The molecular weight excluding hydrogens is 356 g/mol. The largest absolute Gasteiger partial charge is 0.335 e. The molecule has 1 aromatic heterocycles. The summed E-state index contributed by atoms with van der Waals surface area (Å²) in [6.07, 6.45) is 1.97. The Morgan fingerprint density at radius 1 is 1.07 bits per heavy atom. The molecule has 1 fully saturated rings. The zero-order chi connectivity index (χ0) is 18.5. The van der Waals surface area contributed by atoms with Gasteiger partial charge < -0.3 is 10.6 Å². The normalized spacial score (nSPS) is 15.7. The van der Waals surface area contributed by atoms with Gasteiger partial charge in [-0.2, -0.15) is 0 Å². The van der Waals surface area contributed by atoms with E-state index in [0.29, 0.717) is 6.54 Å². The molecule has 0 saturated carbocycles. The minimum absolute atomic E-state index is 0.101. The summed E-state index contributed by atoms with van der Waals surface area (Å²) >= 11 is 1.63. The van der Waals surface area contributed by atoms with Gasteiger partial charge in [0.05, 0.1) is 16.8 Å². The molecule has 0 unspecified atom stereocenters. The van der Waals surface area contributed by atoms with Gasteiger partial charge in [-0.1, -0.05) is 42.5 Å². The van der Waals surface area contributed by atoms with Gasteiger partial charge in [0.2, 0.25) is 0 Å². The number of fused-ring (bicyclic) bond motifs is 1. The maximum atomic E-state index is 12.2. The van der Waals surface area contributed by atoms with E-state index in [-0.39, 0.29) is 12.1 Å². The smallest absolute Gasteiger partial charge is 0.315 e. The Hall–Kier alpha value is -2.44. The highest BCUT2D eigenvalue weighted by atomic mass is 32.1. The molecule has 1 aliphatic rings. The molecule has 0 bridgehead atoms. The van der Waals surface area contributed by atoms with Crippen molar-refractivity contribution in [3.63, 3.8) is 0 Å². The predicted molar refractivity (Wildman–Crippen MR) is 110 cm³/mol. The monoisotopic (exact) mass is 380 g/mol. The van der Waals surface area contributed by atoms with Crippen molar-refractivity contribution in [2.75, 3.05) is 13.1 Å². The third-order valence-corrected chi connectivity index (χ3v) is 5.95. The first kappa shape index (κ1) is 17.9. The van der Waals surface area contributed by atoms with Crippen molar-refractivity contribution in [1.82, 2.24) is 20.5 Å². The number of carbonyl (C=O) groups excluding carboxylic acids is 1.